The van der Waals surface area contributed by atoms with Gasteiger partial charge in [0.25, 0.3) is 0 Å². The van der Waals surface area contributed by atoms with Gasteiger partial charge in [-0.05, 0) is 30.3 Å². The normalized spacial score (nSPS) is 10.5. The minimum Gasteiger partial charge on any atom is -0.508 e. The van der Waals surface area contributed by atoms with Crippen molar-refractivity contribution >= 4 is 11.0 Å². The molecule has 2 N–H and O–H groups in total. The lowest BCUT2D eigenvalue weighted by Crippen LogP contribution is -1.98. The summed E-state index contributed by atoms with van der Waals surface area (Å²) in [6.45, 7) is 0. The minimum atomic E-state index is -0.124. The molecule has 0 fully saturated rings. The number of aromatic hydroxyl groups is 2. The Balaban J connectivity index is 2.18. The first-order chi connectivity index (χ1) is 9.17. The molecule has 6 heteroatoms. The maximum atomic E-state index is 9.76. The number of benzene rings is 2. The zero-order valence-corrected chi connectivity index (χ0v) is 9.65. The highest BCUT2D eigenvalue weighted by molar-refractivity contribution is 5.75. The van der Waals surface area contributed by atoms with Gasteiger partial charge in [0.2, 0.25) is 0 Å². The number of rotatable bonds is 1. The third-order valence-electron chi connectivity index (χ3n) is 2.68. The highest BCUT2D eigenvalue weighted by Crippen LogP contribution is 2.25. The number of hydrogen-bond acceptors (Lipinski definition) is 5. The van der Waals surface area contributed by atoms with Gasteiger partial charge in [-0.3, -0.25) is 0 Å². The van der Waals surface area contributed by atoms with Crippen molar-refractivity contribution in [1.29, 1.82) is 5.26 Å². The minimum absolute atomic E-state index is 0.0373. The summed E-state index contributed by atoms with van der Waals surface area (Å²) in [5.41, 5.74) is 2.03. The highest BCUT2D eigenvalue weighted by Gasteiger charge is 2.09. The van der Waals surface area contributed by atoms with Crippen LogP contribution in [0.1, 0.15) is 5.56 Å². The number of nitrogens with zero attached hydrogens (tertiary/aromatic N) is 4. The van der Waals surface area contributed by atoms with Crippen LogP contribution in [-0.4, -0.2) is 25.2 Å². The van der Waals surface area contributed by atoms with Crippen LogP contribution in [0.4, 0.5) is 0 Å². The van der Waals surface area contributed by atoms with Crippen molar-refractivity contribution in [3.05, 3.63) is 42.0 Å². The van der Waals surface area contributed by atoms with Crippen molar-refractivity contribution in [2.45, 2.75) is 0 Å². The summed E-state index contributed by atoms with van der Waals surface area (Å²) in [6.07, 6.45) is 0. The quantitative estimate of drug-likeness (QED) is 0.687. The summed E-state index contributed by atoms with van der Waals surface area (Å²) in [4.78, 5) is 1.26. The second kappa shape index (κ2) is 3.99. The second-order valence-electron chi connectivity index (χ2n) is 3.98. The fraction of sp³-hybridized carbons (Fsp3) is 0. The van der Waals surface area contributed by atoms with Gasteiger partial charge in [-0.1, -0.05) is 0 Å². The first kappa shape index (κ1) is 11.0. The molecule has 2 aromatic carbocycles. The Labute approximate surface area is 107 Å². The number of phenols is 2. The Morgan fingerprint density at radius 1 is 1.00 bits per heavy atom. The molecule has 3 rings (SSSR count). The van der Waals surface area contributed by atoms with Crippen LogP contribution in [-0.2, 0) is 0 Å². The molecule has 0 saturated heterocycles. The van der Waals surface area contributed by atoms with Gasteiger partial charge in [-0.25, -0.2) is 0 Å². The van der Waals surface area contributed by atoms with Crippen molar-refractivity contribution in [1.82, 2.24) is 15.0 Å². The lowest BCUT2D eigenvalue weighted by molar-refractivity contribution is 0.446. The van der Waals surface area contributed by atoms with Gasteiger partial charge >= 0.3 is 0 Å². The Morgan fingerprint density at radius 2 is 1.79 bits per heavy atom. The van der Waals surface area contributed by atoms with Gasteiger partial charge in [-0.15, -0.1) is 15.0 Å². The van der Waals surface area contributed by atoms with Gasteiger partial charge in [0.15, 0.2) is 0 Å². The van der Waals surface area contributed by atoms with E-state index < -0.39 is 0 Å². The fourth-order valence-corrected chi connectivity index (χ4v) is 1.77. The van der Waals surface area contributed by atoms with Gasteiger partial charge < -0.3 is 10.2 Å². The zero-order chi connectivity index (χ0) is 13.4. The van der Waals surface area contributed by atoms with E-state index >= 15 is 0 Å². The molecule has 0 atom stereocenters. The van der Waals surface area contributed by atoms with E-state index in [1.165, 1.54) is 23.0 Å². The Kier molecular flexibility index (Phi) is 2.32. The molecule has 92 valence electrons. The molecule has 1 aromatic heterocycles. The molecule has 0 unspecified atom stereocenters. The van der Waals surface area contributed by atoms with E-state index in [1.807, 2.05) is 6.07 Å². The SMILES string of the molecule is N#Cc1ccc2nn(-c3ccc(O)cc3O)nc2c1. The maximum absolute atomic E-state index is 9.76. The summed E-state index contributed by atoms with van der Waals surface area (Å²) in [5, 5.41) is 36.2. The van der Waals surface area contributed by atoms with E-state index in [0.29, 0.717) is 22.3 Å². The third-order valence-corrected chi connectivity index (χ3v) is 2.68. The summed E-state index contributed by atoms with van der Waals surface area (Å²) in [6, 6.07) is 11.1. The van der Waals surface area contributed by atoms with Gasteiger partial charge in [0, 0.05) is 6.07 Å². The Bertz CT molecular complexity index is 817. The predicted molar refractivity (Wildman–Crippen MR) is 66.9 cm³/mol. The van der Waals surface area contributed by atoms with E-state index in [-0.39, 0.29) is 11.5 Å². The smallest absolute Gasteiger partial charge is 0.146 e. The molecule has 1 heterocycles. The molecule has 0 aliphatic heterocycles. The molecule has 0 bridgehead atoms. The molecule has 6 nitrogen and oxygen atoms in total. The molecule has 19 heavy (non-hydrogen) atoms. The average molecular weight is 252 g/mol. The summed E-state index contributed by atoms with van der Waals surface area (Å²) >= 11 is 0. The van der Waals surface area contributed by atoms with Crippen LogP contribution in [0.15, 0.2) is 36.4 Å². The lowest BCUT2D eigenvalue weighted by atomic mass is 10.2. The van der Waals surface area contributed by atoms with E-state index in [2.05, 4.69) is 10.2 Å². The number of aromatic nitrogens is 3. The molecule has 0 saturated carbocycles. The van der Waals surface area contributed by atoms with Gasteiger partial charge in [0.1, 0.15) is 28.2 Å². The topological polar surface area (TPSA) is 95.0 Å². The van der Waals surface area contributed by atoms with Crippen molar-refractivity contribution < 1.29 is 10.2 Å². The van der Waals surface area contributed by atoms with Crippen molar-refractivity contribution in [2.75, 3.05) is 0 Å². The van der Waals surface area contributed by atoms with Crippen molar-refractivity contribution in [2.24, 2.45) is 0 Å². The van der Waals surface area contributed by atoms with Crippen molar-refractivity contribution in [3.8, 4) is 23.3 Å². The monoisotopic (exact) mass is 252 g/mol. The van der Waals surface area contributed by atoms with E-state index in [9.17, 15) is 10.2 Å². The third kappa shape index (κ3) is 1.83. The highest BCUT2D eigenvalue weighted by atomic mass is 16.3. The molecule has 0 amide bonds. The number of fused-ring (bicyclic) bond motifs is 1. The van der Waals surface area contributed by atoms with Crippen LogP contribution in [0, 0.1) is 11.3 Å². The molecule has 0 spiro atoms. The standard InChI is InChI=1S/C13H8N4O2/c14-7-8-1-3-10-11(5-8)16-17(15-10)12-4-2-9(18)6-13(12)19/h1-6,18-19H. The van der Waals surface area contributed by atoms with Crippen LogP contribution in [0.2, 0.25) is 0 Å². The Hall–Kier alpha value is -3.07. The number of phenolic OH excluding ortho intramolecular Hbond substituents is 2. The van der Waals surface area contributed by atoms with E-state index in [0.717, 1.165) is 0 Å². The van der Waals surface area contributed by atoms with E-state index in [1.54, 1.807) is 18.2 Å². The zero-order valence-electron chi connectivity index (χ0n) is 9.65. The molecular formula is C13H8N4O2. The predicted octanol–water partition coefficient (Wildman–Crippen LogP) is 1.70. The van der Waals surface area contributed by atoms with Crippen LogP contribution < -0.4 is 0 Å². The van der Waals surface area contributed by atoms with Crippen molar-refractivity contribution in [3.63, 3.8) is 0 Å². The first-order valence-corrected chi connectivity index (χ1v) is 5.47. The van der Waals surface area contributed by atoms with Crippen LogP contribution in [0.25, 0.3) is 16.7 Å². The lowest BCUT2D eigenvalue weighted by Gasteiger charge is -2.02. The molecular weight excluding hydrogens is 244 g/mol. The average Bonchev–Trinajstić information content (AvgIpc) is 2.80. The number of hydrogen-bond donors (Lipinski definition) is 2. The van der Waals surface area contributed by atoms with Crippen LogP contribution >= 0.6 is 0 Å². The molecule has 0 aliphatic carbocycles. The summed E-state index contributed by atoms with van der Waals surface area (Å²) < 4.78 is 0. The van der Waals surface area contributed by atoms with Crippen LogP contribution in [0.3, 0.4) is 0 Å². The van der Waals surface area contributed by atoms with Gasteiger partial charge in [-0.2, -0.15) is 5.26 Å². The largest absolute Gasteiger partial charge is 0.508 e. The van der Waals surface area contributed by atoms with Crippen LogP contribution in [0.5, 0.6) is 11.5 Å². The van der Waals surface area contributed by atoms with E-state index in [4.69, 9.17) is 5.26 Å². The second-order valence-corrected chi connectivity index (χ2v) is 3.98. The first-order valence-electron chi connectivity index (χ1n) is 5.47. The number of nitriles is 1. The fourth-order valence-electron chi connectivity index (χ4n) is 1.77. The van der Waals surface area contributed by atoms with Gasteiger partial charge in [0.05, 0.1) is 11.6 Å². The summed E-state index contributed by atoms with van der Waals surface area (Å²) in [7, 11) is 0. The molecule has 3 aromatic rings. The molecule has 0 radical (unpaired) electrons. The summed E-state index contributed by atoms with van der Waals surface area (Å²) in [5.74, 6) is -0.162. The maximum Gasteiger partial charge on any atom is 0.146 e. The Morgan fingerprint density at radius 3 is 2.53 bits per heavy atom. The molecule has 0 aliphatic rings.